The third-order valence-electron chi connectivity index (χ3n) is 3.80. The van der Waals surface area contributed by atoms with Gasteiger partial charge in [0.1, 0.15) is 0 Å². The van der Waals surface area contributed by atoms with Crippen molar-refractivity contribution in [2.45, 2.75) is 20.4 Å². The molecule has 0 bridgehead atoms. The molecule has 0 saturated carbocycles. The topological polar surface area (TPSA) is 49.4 Å². The van der Waals surface area contributed by atoms with E-state index in [9.17, 15) is 9.59 Å². The summed E-state index contributed by atoms with van der Waals surface area (Å²) >= 11 is 1.60. The van der Waals surface area contributed by atoms with Gasteiger partial charge < -0.3 is 10.2 Å². The SMILES string of the molecule is C=CCN(Cc1cccs1)C(=O)CNC(=O)c1ccc(C)c(C)c1. The smallest absolute Gasteiger partial charge is 0.251 e. The first-order chi connectivity index (χ1) is 11.5. The lowest BCUT2D eigenvalue weighted by atomic mass is 10.1. The summed E-state index contributed by atoms with van der Waals surface area (Å²) in [7, 11) is 0. The van der Waals surface area contributed by atoms with Gasteiger partial charge in [0.15, 0.2) is 0 Å². The largest absolute Gasteiger partial charge is 0.343 e. The standard InChI is InChI=1S/C19H22N2O2S/c1-4-9-21(13-17-6-5-10-24-17)18(22)12-20-19(23)16-8-7-14(2)15(3)11-16/h4-8,10-11H,1,9,12-13H2,2-3H3,(H,20,23). The molecule has 126 valence electrons. The third kappa shape index (κ3) is 4.80. The first-order valence-corrected chi connectivity index (χ1v) is 8.65. The van der Waals surface area contributed by atoms with Crippen LogP contribution in [0.4, 0.5) is 0 Å². The normalized spacial score (nSPS) is 10.2. The molecule has 0 spiro atoms. The van der Waals surface area contributed by atoms with Crippen molar-refractivity contribution < 1.29 is 9.59 Å². The van der Waals surface area contributed by atoms with Crippen LogP contribution in [0.1, 0.15) is 26.4 Å². The summed E-state index contributed by atoms with van der Waals surface area (Å²) in [6, 6.07) is 9.46. The molecule has 0 atom stereocenters. The molecule has 1 aromatic carbocycles. The Balaban J connectivity index is 1.95. The minimum absolute atomic E-state index is 0.0228. The Kier molecular flexibility index (Phi) is 6.32. The zero-order valence-corrected chi connectivity index (χ0v) is 14.9. The van der Waals surface area contributed by atoms with Gasteiger partial charge in [0.25, 0.3) is 5.91 Å². The second-order valence-corrected chi connectivity index (χ2v) is 6.66. The van der Waals surface area contributed by atoms with E-state index in [0.29, 0.717) is 18.7 Å². The fraction of sp³-hybridized carbons (Fsp3) is 0.263. The average molecular weight is 342 g/mol. The van der Waals surface area contributed by atoms with Crippen molar-refractivity contribution in [3.63, 3.8) is 0 Å². The minimum Gasteiger partial charge on any atom is -0.343 e. The van der Waals surface area contributed by atoms with Gasteiger partial charge in [-0.2, -0.15) is 0 Å². The van der Waals surface area contributed by atoms with Crippen molar-refractivity contribution in [2.24, 2.45) is 0 Å². The molecule has 0 aliphatic rings. The van der Waals surface area contributed by atoms with E-state index in [1.165, 1.54) is 0 Å². The Hall–Kier alpha value is -2.40. The molecule has 2 aromatic rings. The second-order valence-electron chi connectivity index (χ2n) is 5.62. The summed E-state index contributed by atoms with van der Waals surface area (Å²) in [5, 5.41) is 4.68. The van der Waals surface area contributed by atoms with Crippen molar-refractivity contribution in [3.8, 4) is 0 Å². The predicted molar refractivity (Wildman–Crippen MR) is 98.2 cm³/mol. The van der Waals surface area contributed by atoms with E-state index in [-0.39, 0.29) is 18.4 Å². The molecule has 0 radical (unpaired) electrons. The number of amides is 2. The van der Waals surface area contributed by atoms with Crippen LogP contribution in [-0.4, -0.2) is 29.8 Å². The minimum atomic E-state index is -0.235. The van der Waals surface area contributed by atoms with E-state index < -0.39 is 0 Å². The number of hydrogen-bond donors (Lipinski definition) is 1. The van der Waals surface area contributed by atoms with Gasteiger partial charge in [-0.1, -0.05) is 18.2 Å². The Morgan fingerprint density at radius 3 is 2.67 bits per heavy atom. The highest BCUT2D eigenvalue weighted by molar-refractivity contribution is 7.09. The molecule has 0 fully saturated rings. The van der Waals surface area contributed by atoms with Crippen LogP contribution in [0.2, 0.25) is 0 Å². The number of carbonyl (C=O) groups excluding carboxylic acids is 2. The molecule has 2 rings (SSSR count). The summed E-state index contributed by atoms with van der Waals surface area (Å²) in [6.07, 6.45) is 1.69. The van der Waals surface area contributed by atoms with Gasteiger partial charge in [-0.25, -0.2) is 0 Å². The number of carbonyl (C=O) groups is 2. The van der Waals surface area contributed by atoms with Crippen LogP contribution < -0.4 is 5.32 Å². The van der Waals surface area contributed by atoms with Crippen molar-refractivity contribution in [2.75, 3.05) is 13.1 Å². The summed E-state index contributed by atoms with van der Waals surface area (Å²) in [4.78, 5) is 27.4. The maximum Gasteiger partial charge on any atom is 0.251 e. The molecular weight excluding hydrogens is 320 g/mol. The van der Waals surface area contributed by atoms with Gasteiger partial charge in [0.2, 0.25) is 5.91 Å². The maximum absolute atomic E-state index is 12.4. The molecule has 0 unspecified atom stereocenters. The number of thiophene rings is 1. The van der Waals surface area contributed by atoms with Gasteiger partial charge >= 0.3 is 0 Å². The second kappa shape index (κ2) is 8.45. The molecule has 5 heteroatoms. The van der Waals surface area contributed by atoms with Crippen molar-refractivity contribution in [3.05, 3.63) is 69.9 Å². The number of benzene rings is 1. The zero-order chi connectivity index (χ0) is 17.5. The third-order valence-corrected chi connectivity index (χ3v) is 4.66. The monoisotopic (exact) mass is 342 g/mol. The first kappa shape index (κ1) is 17.9. The Morgan fingerprint density at radius 1 is 1.25 bits per heavy atom. The number of nitrogens with one attached hydrogen (secondary N) is 1. The molecule has 0 aliphatic heterocycles. The van der Waals surface area contributed by atoms with Crippen molar-refractivity contribution >= 4 is 23.2 Å². The summed E-state index contributed by atoms with van der Waals surface area (Å²) in [5.41, 5.74) is 2.76. The van der Waals surface area contributed by atoms with E-state index in [4.69, 9.17) is 0 Å². The number of nitrogens with zero attached hydrogens (tertiary/aromatic N) is 1. The van der Waals surface area contributed by atoms with E-state index in [2.05, 4.69) is 11.9 Å². The highest BCUT2D eigenvalue weighted by atomic mass is 32.1. The van der Waals surface area contributed by atoms with Crippen LogP contribution >= 0.6 is 11.3 Å². The molecule has 2 amide bonds. The lowest BCUT2D eigenvalue weighted by molar-refractivity contribution is -0.130. The van der Waals surface area contributed by atoms with Gasteiger partial charge in [-0.3, -0.25) is 9.59 Å². The van der Waals surface area contributed by atoms with Crippen LogP contribution in [0, 0.1) is 13.8 Å². The van der Waals surface area contributed by atoms with Crippen LogP contribution in [0.5, 0.6) is 0 Å². The van der Waals surface area contributed by atoms with E-state index in [1.54, 1.807) is 28.4 Å². The van der Waals surface area contributed by atoms with Gasteiger partial charge in [-0.15, -0.1) is 17.9 Å². The van der Waals surface area contributed by atoms with Gasteiger partial charge in [-0.05, 0) is 48.6 Å². The Bertz CT molecular complexity index is 723. The summed E-state index contributed by atoms with van der Waals surface area (Å²) in [6.45, 7) is 8.62. The lowest BCUT2D eigenvalue weighted by Crippen LogP contribution is -2.39. The van der Waals surface area contributed by atoms with Crippen molar-refractivity contribution in [1.29, 1.82) is 0 Å². The number of aryl methyl sites for hydroxylation is 2. The zero-order valence-electron chi connectivity index (χ0n) is 14.0. The highest BCUT2D eigenvalue weighted by Crippen LogP contribution is 2.12. The molecule has 0 saturated heterocycles. The molecular formula is C19H22N2O2S. The first-order valence-electron chi connectivity index (χ1n) is 7.77. The van der Waals surface area contributed by atoms with Crippen LogP contribution in [0.15, 0.2) is 48.4 Å². The van der Waals surface area contributed by atoms with Crippen LogP contribution in [-0.2, 0) is 11.3 Å². The van der Waals surface area contributed by atoms with Gasteiger partial charge in [0, 0.05) is 17.0 Å². The van der Waals surface area contributed by atoms with E-state index in [1.807, 2.05) is 43.5 Å². The van der Waals surface area contributed by atoms with Gasteiger partial charge in [0.05, 0.1) is 13.1 Å². The molecule has 1 aromatic heterocycles. The molecule has 1 heterocycles. The fourth-order valence-electron chi connectivity index (χ4n) is 2.25. The summed E-state index contributed by atoms with van der Waals surface area (Å²) < 4.78 is 0. The van der Waals surface area contributed by atoms with E-state index in [0.717, 1.165) is 16.0 Å². The fourth-order valence-corrected chi connectivity index (χ4v) is 2.97. The highest BCUT2D eigenvalue weighted by Gasteiger charge is 2.15. The molecule has 4 nitrogen and oxygen atoms in total. The predicted octanol–water partition coefficient (Wildman–Crippen LogP) is 3.31. The molecule has 1 N–H and O–H groups in total. The average Bonchev–Trinajstić information content (AvgIpc) is 3.07. The molecule has 24 heavy (non-hydrogen) atoms. The van der Waals surface area contributed by atoms with E-state index >= 15 is 0 Å². The maximum atomic E-state index is 12.4. The van der Waals surface area contributed by atoms with Crippen LogP contribution in [0.3, 0.4) is 0 Å². The number of hydrogen-bond acceptors (Lipinski definition) is 3. The lowest BCUT2D eigenvalue weighted by Gasteiger charge is -2.20. The molecule has 0 aliphatic carbocycles. The quantitative estimate of drug-likeness (QED) is 0.785. The van der Waals surface area contributed by atoms with Crippen LogP contribution in [0.25, 0.3) is 0 Å². The Labute approximate surface area is 146 Å². The Morgan fingerprint density at radius 2 is 2.04 bits per heavy atom. The summed E-state index contributed by atoms with van der Waals surface area (Å²) in [5.74, 6) is -0.360. The van der Waals surface area contributed by atoms with Crippen molar-refractivity contribution in [1.82, 2.24) is 10.2 Å². The number of rotatable bonds is 7.